The lowest BCUT2D eigenvalue weighted by molar-refractivity contribution is 0.102. The Morgan fingerprint density at radius 2 is 1.82 bits per heavy atom. The zero-order valence-corrected chi connectivity index (χ0v) is 9.90. The molecular weight excluding hydrogens is 212 g/mol. The number of carbonyl (C=O) groups excluding carboxylic acids is 1. The van der Waals surface area contributed by atoms with Crippen molar-refractivity contribution in [3.63, 3.8) is 0 Å². The van der Waals surface area contributed by atoms with Gasteiger partial charge in [-0.05, 0) is 37.6 Å². The third-order valence-electron chi connectivity index (χ3n) is 2.57. The maximum atomic E-state index is 12.0. The normalized spacial score (nSPS) is 10.0. The molecule has 0 bridgehead atoms. The maximum Gasteiger partial charge on any atom is 0.256 e. The van der Waals surface area contributed by atoms with Crippen molar-refractivity contribution in [2.75, 3.05) is 5.32 Å². The summed E-state index contributed by atoms with van der Waals surface area (Å²) in [7, 11) is 0. The number of anilines is 1. The SMILES string of the molecule is Cc1ccc(NC(=O)c2ccncc2C)cc1. The minimum atomic E-state index is -0.103. The summed E-state index contributed by atoms with van der Waals surface area (Å²) in [5.74, 6) is -0.103. The van der Waals surface area contributed by atoms with Crippen LogP contribution in [0, 0.1) is 13.8 Å². The number of nitrogens with zero attached hydrogens (tertiary/aromatic N) is 1. The van der Waals surface area contributed by atoms with E-state index in [-0.39, 0.29) is 5.91 Å². The molecule has 86 valence electrons. The molecule has 0 aliphatic heterocycles. The molecule has 3 nitrogen and oxygen atoms in total. The molecule has 0 saturated carbocycles. The minimum Gasteiger partial charge on any atom is -0.322 e. The number of hydrogen-bond acceptors (Lipinski definition) is 2. The van der Waals surface area contributed by atoms with Crippen molar-refractivity contribution in [3.8, 4) is 0 Å². The molecule has 1 aromatic heterocycles. The highest BCUT2D eigenvalue weighted by Crippen LogP contribution is 2.12. The summed E-state index contributed by atoms with van der Waals surface area (Å²) >= 11 is 0. The standard InChI is InChI=1S/C14H14N2O/c1-10-3-5-12(6-4-10)16-14(17)13-7-8-15-9-11(13)2/h3-9H,1-2H3,(H,16,17). The molecule has 1 amide bonds. The van der Waals surface area contributed by atoms with E-state index in [9.17, 15) is 4.79 Å². The summed E-state index contributed by atoms with van der Waals surface area (Å²) in [6, 6.07) is 9.44. The summed E-state index contributed by atoms with van der Waals surface area (Å²) < 4.78 is 0. The smallest absolute Gasteiger partial charge is 0.256 e. The van der Waals surface area contributed by atoms with E-state index >= 15 is 0 Å². The fourth-order valence-corrected chi connectivity index (χ4v) is 1.56. The van der Waals surface area contributed by atoms with Crippen LogP contribution in [0.5, 0.6) is 0 Å². The van der Waals surface area contributed by atoms with E-state index < -0.39 is 0 Å². The van der Waals surface area contributed by atoms with Crippen LogP contribution in [0.2, 0.25) is 0 Å². The molecule has 0 aliphatic rings. The quantitative estimate of drug-likeness (QED) is 0.855. The number of benzene rings is 1. The Morgan fingerprint density at radius 3 is 2.47 bits per heavy atom. The molecule has 2 rings (SSSR count). The minimum absolute atomic E-state index is 0.103. The van der Waals surface area contributed by atoms with Crippen LogP contribution in [0.4, 0.5) is 5.69 Å². The van der Waals surface area contributed by atoms with E-state index in [1.807, 2.05) is 38.1 Å². The summed E-state index contributed by atoms with van der Waals surface area (Å²) in [4.78, 5) is 15.9. The van der Waals surface area contributed by atoms with Gasteiger partial charge in [-0.15, -0.1) is 0 Å². The summed E-state index contributed by atoms with van der Waals surface area (Å²) in [6.45, 7) is 3.88. The molecule has 0 spiro atoms. The number of pyridine rings is 1. The second kappa shape index (κ2) is 4.78. The molecular formula is C14H14N2O. The van der Waals surface area contributed by atoms with Crippen LogP contribution in [0.3, 0.4) is 0 Å². The number of amides is 1. The zero-order chi connectivity index (χ0) is 12.3. The van der Waals surface area contributed by atoms with Gasteiger partial charge in [0, 0.05) is 23.6 Å². The summed E-state index contributed by atoms with van der Waals surface area (Å²) in [5.41, 5.74) is 3.50. The van der Waals surface area contributed by atoms with Crippen molar-refractivity contribution in [3.05, 3.63) is 59.4 Å². The predicted octanol–water partition coefficient (Wildman–Crippen LogP) is 2.95. The maximum absolute atomic E-state index is 12.0. The van der Waals surface area contributed by atoms with Crippen LogP contribution in [-0.4, -0.2) is 10.9 Å². The number of carbonyl (C=O) groups is 1. The molecule has 0 fully saturated rings. The van der Waals surface area contributed by atoms with Crippen LogP contribution in [-0.2, 0) is 0 Å². The first-order chi connectivity index (χ1) is 8.16. The van der Waals surface area contributed by atoms with E-state index in [0.717, 1.165) is 11.3 Å². The van der Waals surface area contributed by atoms with Crippen molar-refractivity contribution in [2.45, 2.75) is 13.8 Å². The lowest BCUT2D eigenvalue weighted by Crippen LogP contribution is -2.13. The van der Waals surface area contributed by atoms with Gasteiger partial charge in [-0.1, -0.05) is 17.7 Å². The van der Waals surface area contributed by atoms with Crippen LogP contribution in [0.1, 0.15) is 21.5 Å². The van der Waals surface area contributed by atoms with Crippen LogP contribution < -0.4 is 5.32 Å². The molecule has 1 N–H and O–H groups in total. The van der Waals surface area contributed by atoms with Crippen LogP contribution in [0.15, 0.2) is 42.7 Å². The number of aryl methyl sites for hydroxylation is 2. The van der Waals surface area contributed by atoms with Crippen molar-refractivity contribution in [1.29, 1.82) is 0 Å². The first-order valence-electron chi connectivity index (χ1n) is 5.45. The first kappa shape index (κ1) is 11.3. The van der Waals surface area contributed by atoms with Gasteiger partial charge in [-0.2, -0.15) is 0 Å². The van der Waals surface area contributed by atoms with Gasteiger partial charge >= 0.3 is 0 Å². The van der Waals surface area contributed by atoms with Gasteiger partial charge in [0.1, 0.15) is 0 Å². The monoisotopic (exact) mass is 226 g/mol. The predicted molar refractivity (Wildman–Crippen MR) is 68.1 cm³/mol. The van der Waals surface area contributed by atoms with Crippen molar-refractivity contribution in [1.82, 2.24) is 4.98 Å². The largest absolute Gasteiger partial charge is 0.322 e. The Kier molecular flexibility index (Phi) is 3.19. The highest BCUT2D eigenvalue weighted by molar-refractivity contribution is 6.05. The summed E-state index contributed by atoms with van der Waals surface area (Å²) in [6.07, 6.45) is 3.31. The Hall–Kier alpha value is -2.16. The summed E-state index contributed by atoms with van der Waals surface area (Å²) in [5, 5.41) is 2.86. The third kappa shape index (κ3) is 2.69. The molecule has 1 heterocycles. The van der Waals surface area contributed by atoms with Gasteiger partial charge < -0.3 is 5.32 Å². The number of aromatic nitrogens is 1. The number of nitrogens with one attached hydrogen (secondary N) is 1. The second-order valence-electron chi connectivity index (χ2n) is 4.01. The van der Waals surface area contributed by atoms with E-state index in [1.165, 1.54) is 5.56 Å². The highest BCUT2D eigenvalue weighted by Gasteiger charge is 2.08. The van der Waals surface area contributed by atoms with Crippen LogP contribution >= 0.6 is 0 Å². The number of rotatable bonds is 2. The molecule has 0 unspecified atom stereocenters. The molecule has 0 aliphatic carbocycles. The lowest BCUT2D eigenvalue weighted by atomic mass is 10.1. The van der Waals surface area contributed by atoms with Crippen LogP contribution in [0.25, 0.3) is 0 Å². The Balaban J connectivity index is 2.17. The molecule has 17 heavy (non-hydrogen) atoms. The van der Waals surface area contributed by atoms with E-state index in [0.29, 0.717) is 5.56 Å². The van der Waals surface area contributed by atoms with Crippen molar-refractivity contribution < 1.29 is 4.79 Å². The third-order valence-corrected chi connectivity index (χ3v) is 2.57. The van der Waals surface area contributed by atoms with E-state index in [4.69, 9.17) is 0 Å². The van der Waals surface area contributed by atoms with Gasteiger partial charge in [0.25, 0.3) is 5.91 Å². The Morgan fingerprint density at radius 1 is 1.12 bits per heavy atom. The molecule has 2 aromatic rings. The van der Waals surface area contributed by atoms with E-state index in [2.05, 4.69) is 10.3 Å². The first-order valence-corrected chi connectivity index (χ1v) is 5.45. The van der Waals surface area contributed by atoms with Gasteiger partial charge in [0.15, 0.2) is 0 Å². The molecule has 0 radical (unpaired) electrons. The van der Waals surface area contributed by atoms with Gasteiger partial charge in [-0.25, -0.2) is 0 Å². The van der Waals surface area contributed by atoms with E-state index in [1.54, 1.807) is 18.5 Å². The lowest BCUT2D eigenvalue weighted by Gasteiger charge is -2.07. The molecule has 3 heteroatoms. The average Bonchev–Trinajstić information content (AvgIpc) is 2.32. The molecule has 0 saturated heterocycles. The second-order valence-corrected chi connectivity index (χ2v) is 4.01. The highest BCUT2D eigenvalue weighted by atomic mass is 16.1. The Bertz CT molecular complexity index is 532. The topological polar surface area (TPSA) is 42.0 Å². The van der Waals surface area contributed by atoms with Gasteiger partial charge in [0.2, 0.25) is 0 Å². The van der Waals surface area contributed by atoms with Gasteiger partial charge in [-0.3, -0.25) is 9.78 Å². The fraction of sp³-hybridized carbons (Fsp3) is 0.143. The van der Waals surface area contributed by atoms with Crippen molar-refractivity contribution in [2.24, 2.45) is 0 Å². The number of hydrogen-bond donors (Lipinski definition) is 1. The molecule has 0 atom stereocenters. The van der Waals surface area contributed by atoms with Crippen molar-refractivity contribution >= 4 is 11.6 Å². The zero-order valence-electron chi connectivity index (χ0n) is 9.90. The van der Waals surface area contributed by atoms with Gasteiger partial charge in [0.05, 0.1) is 0 Å². The Labute approximate surface area is 101 Å². The average molecular weight is 226 g/mol. The molecule has 1 aromatic carbocycles. The fourth-order valence-electron chi connectivity index (χ4n) is 1.56.